The molecule has 0 rings (SSSR count). The lowest BCUT2D eigenvalue weighted by molar-refractivity contribution is 0.198. The third-order valence-electron chi connectivity index (χ3n) is 1.61. The lowest BCUT2D eigenvalue weighted by atomic mass is 10.2. The standard InChI is InChI=1S/C10H20O/c1-4-6-8-10(3)11-9-7-5-2/h3-9H2,1-2H3. The molecule has 0 aromatic rings. The van der Waals surface area contributed by atoms with Crippen LogP contribution in [0.25, 0.3) is 0 Å². The van der Waals surface area contributed by atoms with Crippen LogP contribution in [0.5, 0.6) is 0 Å². The van der Waals surface area contributed by atoms with Crippen LogP contribution in [-0.2, 0) is 4.74 Å². The van der Waals surface area contributed by atoms with Crippen LogP contribution >= 0.6 is 0 Å². The van der Waals surface area contributed by atoms with E-state index < -0.39 is 0 Å². The highest BCUT2D eigenvalue weighted by Crippen LogP contribution is 2.06. The molecule has 0 fully saturated rings. The Bertz CT molecular complexity index is 97.0. The van der Waals surface area contributed by atoms with Crippen molar-refractivity contribution >= 4 is 0 Å². The molecular formula is C10H20O. The summed E-state index contributed by atoms with van der Waals surface area (Å²) in [5.74, 6) is 0.959. The molecular weight excluding hydrogens is 136 g/mol. The van der Waals surface area contributed by atoms with E-state index in [0.29, 0.717) is 0 Å². The third-order valence-corrected chi connectivity index (χ3v) is 1.61. The minimum atomic E-state index is 0.846. The summed E-state index contributed by atoms with van der Waals surface area (Å²) in [5, 5.41) is 0. The molecule has 11 heavy (non-hydrogen) atoms. The first-order valence-corrected chi connectivity index (χ1v) is 4.61. The van der Waals surface area contributed by atoms with E-state index in [1.165, 1.54) is 19.3 Å². The van der Waals surface area contributed by atoms with Crippen LogP contribution in [0.2, 0.25) is 0 Å². The first kappa shape index (κ1) is 10.5. The highest BCUT2D eigenvalue weighted by Gasteiger charge is 1.92. The summed E-state index contributed by atoms with van der Waals surface area (Å²) in [6.07, 6.45) is 5.79. The van der Waals surface area contributed by atoms with Crippen molar-refractivity contribution in [1.82, 2.24) is 0 Å². The second kappa shape index (κ2) is 7.64. The molecule has 0 N–H and O–H groups in total. The van der Waals surface area contributed by atoms with Crippen molar-refractivity contribution in [2.75, 3.05) is 6.61 Å². The number of ether oxygens (including phenoxy) is 1. The fraction of sp³-hybridized carbons (Fsp3) is 0.800. The lowest BCUT2D eigenvalue weighted by Gasteiger charge is -2.06. The zero-order valence-corrected chi connectivity index (χ0v) is 7.86. The average Bonchev–Trinajstić information content (AvgIpc) is 2.01. The molecule has 0 unspecified atom stereocenters. The fourth-order valence-electron chi connectivity index (χ4n) is 0.807. The van der Waals surface area contributed by atoms with Crippen molar-refractivity contribution in [1.29, 1.82) is 0 Å². The van der Waals surface area contributed by atoms with Gasteiger partial charge in [-0.2, -0.15) is 0 Å². The first-order valence-electron chi connectivity index (χ1n) is 4.61. The molecule has 0 bridgehead atoms. The Morgan fingerprint density at radius 1 is 1.18 bits per heavy atom. The number of hydrogen-bond donors (Lipinski definition) is 0. The summed E-state index contributed by atoms with van der Waals surface area (Å²) < 4.78 is 5.39. The van der Waals surface area contributed by atoms with Gasteiger partial charge in [0.05, 0.1) is 12.4 Å². The number of unbranched alkanes of at least 4 members (excludes halogenated alkanes) is 2. The van der Waals surface area contributed by atoms with Gasteiger partial charge in [-0.15, -0.1) is 0 Å². The SMILES string of the molecule is C=C(CCCC)OCCCC. The Morgan fingerprint density at radius 3 is 2.36 bits per heavy atom. The normalized spacial score (nSPS) is 9.64. The van der Waals surface area contributed by atoms with Gasteiger partial charge in [-0.3, -0.25) is 0 Å². The van der Waals surface area contributed by atoms with E-state index in [1.54, 1.807) is 0 Å². The molecule has 1 heteroatoms. The summed E-state index contributed by atoms with van der Waals surface area (Å²) in [6, 6.07) is 0. The minimum Gasteiger partial charge on any atom is -0.499 e. The Balaban J connectivity index is 3.09. The molecule has 0 aromatic carbocycles. The maximum atomic E-state index is 5.39. The van der Waals surface area contributed by atoms with Crippen molar-refractivity contribution in [3.63, 3.8) is 0 Å². The summed E-state index contributed by atoms with van der Waals surface area (Å²) in [6.45, 7) is 9.03. The molecule has 1 nitrogen and oxygen atoms in total. The van der Waals surface area contributed by atoms with Gasteiger partial charge in [0.2, 0.25) is 0 Å². The van der Waals surface area contributed by atoms with Crippen LogP contribution in [0.15, 0.2) is 12.3 Å². The Morgan fingerprint density at radius 2 is 1.82 bits per heavy atom. The van der Waals surface area contributed by atoms with E-state index in [-0.39, 0.29) is 0 Å². The second-order valence-electron chi connectivity index (χ2n) is 2.84. The van der Waals surface area contributed by atoms with Crippen LogP contribution in [0.3, 0.4) is 0 Å². The summed E-state index contributed by atoms with van der Waals surface area (Å²) in [7, 11) is 0. The molecule has 0 saturated carbocycles. The van der Waals surface area contributed by atoms with Gasteiger partial charge in [-0.05, 0) is 12.8 Å². The Hall–Kier alpha value is -0.460. The Labute approximate surface area is 70.4 Å². The van der Waals surface area contributed by atoms with Crippen LogP contribution < -0.4 is 0 Å². The van der Waals surface area contributed by atoms with E-state index in [2.05, 4.69) is 20.4 Å². The van der Waals surface area contributed by atoms with E-state index in [4.69, 9.17) is 4.74 Å². The molecule has 0 aliphatic carbocycles. The van der Waals surface area contributed by atoms with Crippen LogP contribution in [0.1, 0.15) is 46.0 Å². The van der Waals surface area contributed by atoms with Crippen LogP contribution in [0, 0.1) is 0 Å². The molecule has 0 atom stereocenters. The molecule has 0 aliphatic rings. The highest BCUT2D eigenvalue weighted by molar-refractivity contribution is 4.81. The van der Waals surface area contributed by atoms with Crippen molar-refractivity contribution in [2.45, 2.75) is 46.0 Å². The number of hydrogen-bond acceptors (Lipinski definition) is 1. The number of rotatable bonds is 7. The maximum absolute atomic E-state index is 5.39. The van der Waals surface area contributed by atoms with Crippen molar-refractivity contribution in [3.8, 4) is 0 Å². The van der Waals surface area contributed by atoms with Crippen LogP contribution in [0.4, 0.5) is 0 Å². The van der Waals surface area contributed by atoms with Gasteiger partial charge in [0.1, 0.15) is 0 Å². The van der Waals surface area contributed by atoms with E-state index in [1.807, 2.05) is 0 Å². The smallest absolute Gasteiger partial charge is 0.0888 e. The van der Waals surface area contributed by atoms with E-state index in [9.17, 15) is 0 Å². The van der Waals surface area contributed by atoms with E-state index >= 15 is 0 Å². The molecule has 0 amide bonds. The second-order valence-corrected chi connectivity index (χ2v) is 2.84. The first-order chi connectivity index (χ1) is 5.31. The van der Waals surface area contributed by atoms with Gasteiger partial charge in [0, 0.05) is 6.42 Å². The van der Waals surface area contributed by atoms with Gasteiger partial charge in [-0.1, -0.05) is 33.3 Å². The van der Waals surface area contributed by atoms with Crippen molar-refractivity contribution in [3.05, 3.63) is 12.3 Å². The third kappa shape index (κ3) is 7.44. The molecule has 0 radical (unpaired) electrons. The summed E-state index contributed by atoms with van der Waals surface area (Å²) in [5.41, 5.74) is 0. The molecule has 66 valence electrons. The van der Waals surface area contributed by atoms with Gasteiger partial charge in [0.15, 0.2) is 0 Å². The molecule has 0 aliphatic heterocycles. The maximum Gasteiger partial charge on any atom is 0.0888 e. The predicted octanol–water partition coefficient (Wildman–Crippen LogP) is 3.51. The zero-order chi connectivity index (χ0) is 8.53. The summed E-state index contributed by atoms with van der Waals surface area (Å²) >= 11 is 0. The van der Waals surface area contributed by atoms with Gasteiger partial charge < -0.3 is 4.74 Å². The van der Waals surface area contributed by atoms with Crippen molar-refractivity contribution in [2.24, 2.45) is 0 Å². The van der Waals surface area contributed by atoms with Crippen molar-refractivity contribution < 1.29 is 4.74 Å². The van der Waals surface area contributed by atoms with Crippen LogP contribution in [-0.4, -0.2) is 6.61 Å². The number of allylic oxidation sites excluding steroid dienone is 1. The molecule has 0 spiro atoms. The average molecular weight is 156 g/mol. The quantitative estimate of drug-likeness (QED) is 0.405. The monoisotopic (exact) mass is 156 g/mol. The van der Waals surface area contributed by atoms with Gasteiger partial charge >= 0.3 is 0 Å². The lowest BCUT2D eigenvalue weighted by Crippen LogP contribution is -1.93. The molecule has 0 aromatic heterocycles. The topological polar surface area (TPSA) is 9.23 Å². The fourth-order valence-corrected chi connectivity index (χ4v) is 0.807. The van der Waals surface area contributed by atoms with Gasteiger partial charge in [-0.25, -0.2) is 0 Å². The van der Waals surface area contributed by atoms with Gasteiger partial charge in [0.25, 0.3) is 0 Å². The molecule has 0 heterocycles. The minimum absolute atomic E-state index is 0.846. The Kier molecular flexibility index (Phi) is 7.33. The predicted molar refractivity (Wildman–Crippen MR) is 49.5 cm³/mol. The largest absolute Gasteiger partial charge is 0.499 e. The van der Waals surface area contributed by atoms with E-state index in [0.717, 1.165) is 25.2 Å². The summed E-state index contributed by atoms with van der Waals surface area (Å²) in [4.78, 5) is 0. The zero-order valence-electron chi connectivity index (χ0n) is 7.86. The molecule has 0 saturated heterocycles. The highest BCUT2D eigenvalue weighted by atomic mass is 16.5.